The molecule has 0 amide bonds. The SMILES string of the molecule is CC1C(C(F)(F)F)CCCN1c1cnc(C(=O)O)cn1. The molecule has 1 aromatic heterocycles. The van der Waals surface area contributed by atoms with E-state index in [1.54, 1.807) is 0 Å². The number of halogens is 3. The van der Waals surface area contributed by atoms with Gasteiger partial charge in [0, 0.05) is 12.6 Å². The molecule has 1 aliphatic heterocycles. The number of aromatic nitrogens is 2. The molecule has 2 heterocycles. The Hall–Kier alpha value is -1.86. The summed E-state index contributed by atoms with van der Waals surface area (Å²) < 4.78 is 38.7. The Labute approximate surface area is 113 Å². The van der Waals surface area contributed by atoms with Gasteiger partial charge in [-0.15, -0.1) is 0 Å². The molecular weight excluding hydrogens is 275 g/mol. The highest BCUT2D eigenvalue weighted by Gasteiger charge is 2.46. The monoisotopic (exact) mass is 289 g/mol. The Morgan fingerprint density at radius 3 is 2.60 bits per heavy atom. The summed E-state index contributed by atoms with van der Waals surface area (Å²) in [6.07, 6.45) is -1.47. The number of anilines is 1. The molecule has 1 aromatic rings. The van der Waals surface area contributed by atoms with Gasteiger partial charge in [0.2, 0.25) is 0 Å². The fourth-order valence-corrected chi connectivity index (χ4v) is 2.48. The van der Waals surface area contributed by atoms with Crippen LogP contribution >= 0.6 is 0 Å². The predicted molar refractivity (Wildman–Crippen MR) is 64.6 cm³/mol. The van der Waals surface area contributed by atoms with Gasteiger partial charge >= 0.3 is 12.1 Å². The van der Waals surface area contributed by atoms with Gasteiger partial charge in [-0.05, 0) is 19.8 Å². The maximum Gasteiger partial charge on any atom is 0.393 e. The molecule has 8 heteroatoms. The standard InChI is InChI=1S/C12H14F3N3O2/c1-7-8(12(13,14)15)3-2-4-18(7)10-6-16-9(5-17-10)11(19)20/h5-8H,2-4H2,1H3,(H,19,20). The van der Waals surface area contributed by atoms with Crippen LogP contribution in [0.25, 0.3) is 0 Å². The molecule has 110 valence electrons. The van der Waals surface area contributed by atoms with Crippen LogP contribution in [-0.4, -0.2) is 39.8 Å². The van der Waals surface area contributed by atoms with Gasteiger partial charge in [-0.3, -0.25) is 0 Å². The summed E-state index contributed by atoms with van der Waals surface area (Å²) in [5, 5.41) is 8.72. The molecule has 0 bridgehead atoms. The molecule has 1 fully saturated rings. The third-order valence-corrected chi connectivity index (χ3v) is 3.56. The lowest BCUT2D eigenvalue weighted by molar-refractivity contribution is -0.184. The van der Waals surface area contributed by atoms with Gasteiger partial charge in [-0.25, -0.2) is 14.8 Å². The van der Waals surface area contributed by atoms with E-state index in [-0.39, 0.29) is 17.9 Å². The number of carboxylic acids is 1. The second kappa shape index (κ2) is 5.26. The van der Waals surface area contributed by atoms with Crippen LogP contribution in [0, 0.1) is 5.92 Å². The maximum absolute atomic E-state index is 12.9. The van der Waals surface area contributed by atoms with E-state index in [4.69, 9.17) is 5.11 Å². The second-order valence-electron chi connectivity index (χ2n) is 4.79. The maximum atomic E-state index is 12.9. The average Bonchev–Trinajstić information content (AvgIpc) is 2.37. The van der Waals surface area contributed by atoms with Crippen LogP contribution in [0.1, 0.15) is 30.3 Å². The van der Waals surface area contributed by atoms with E-state index in [0.717, 1.165) is 6.20 Å². The Kier molecular flexibility index (Phi) is 3.82. The van der Waals surface area contributed by atoms with Gasteiger partial charge in [0.15, 0.2) is 5.69 Å². The molecule has 0 aliphatic carbocycles. The fourth-order valence-electron chi connectivity index (χ4n) is 2.48. The number of hydrogen-bond acceptors (Lipinski definition) is 4. The van der Waals surface area contributed by atoms with Crippen LogP contribution in [-0.2, 0) is 0 Å². The number of nitrogens with zero attached hydrogens (tertiary/aromatic N) is 3. The van der Waals surface area contributed by atoms with Crippen molar-refractivity contribution in [2.45, 2.75) is 32.0 Å². The van der Waals surface area contributed by atoms with Crippen molar-refractivity contribution in [2.75, 3.05) is 11.4 Å². The van der Waals surface area contributed by atoms with Gasteiger partial charge in [-0.1, -0.05) is 0 Å². The number of aromatic carboxylic acids is 1. The van der Waals surface area contributed by atoms with E-state index in [0.29, 0.717) is 13.0 Å². The minimum Gasteiger partial charge on any atom is -0.476 e. The van der Waals surface area contributed by atoms with E-state index in [2.05, 4.69) is 9.97 Å². The van der Waals surface area contributed by atoms with E-state index in [9.17, 15) is 18.0 Å². The zero-order chi connectivity index (χ0) is 14.9. The highest BCUT2D eigenvalue weighted by molar-refractivity contribution is 5.84. The number of carboxylic acid groups (broad SMARTS) is 1. The lowest BCUT2D eigenvalue weighted by Gasteiger charge is -2.40. The van der Waals surface area contributed by atoms with Gasteiger partial charge in [0.25, 0.3) is 0 Å². The molecule has 1 aliphatic rings. The lowest BCUT2D eigenvalue weighted by atomic mass is 9.89. The van der Waals surface area contributed by atoms with Crippen molar-refractivity contribution in [2.24, 2.45) is 5.92 Å². The smallest absolute Gasteiger partial charge is 0.393 e. The largest absolute Gasteiger partial charge is 0.476 e. The molecule has 20 heavy (non-hydrogen) atoms. The number of hydrogen-bond donors (Lipinski definition) is 1. The van der Waals surface area contributed by atoms with Crippen molar-refractivity contribution in [3.63, 3.8) is 0 Å². The topological polar surface area (TPSA) is 66.3 Å². The number of carbonyl (C=O) groups is 1. The number of rotatable bonds is 2. The Balaban J connectivity index is 2.21. The van der Waals surface area contributed by atoms with E-state index in [1.807, 2.05) is 0 Å². The molecule has 2 unspecified atom stereocenters. The van der Waals surface area contributed by atoms with Gasteiger partial charge < -0.3 is 10.0 Å². The summed E-state index contributed by atoms with van der Waals surface area (Å²) in [4.78, 5) is 19.8. The highest BCUT2D eigenvalue weighted by Crippen LogP contribution is 2.38. The fraction of sp³-hybridized carbons (Fsp3) is 0.583. The molecule has 1 saturated heterocycles. The Morgan fingerprint density at radius 1 is 1.40 bits per heavy atom. The zero-order valence-corrected chi connectivity index (χ0v) is 10.8. The van der Waals surface area contributed by atoms with Crippen LogP contribution in [0.4, 0.5) is 19.0 Å². The summed E-state index contributed by atoms with van der Waals surface area (Å²) in [6.45, 7) is 1.96. The normalized spacial score (nSPS) is 23.7. The first-order chi connectivity index (χ1) is 9.30. The van der Waals surface area contributed by atoms with Crippen molar-refractivity contribution in [3.8, 4) is 0 Å². The van der Waals surface area contributed by atoms with Crippen LogP contribution in [0.2, 0.25) is 0 Å². The molecule has 1 N–H and O–H groups in total. The van der Waals surface area contributed by atoms with Gasteiger partial charge in [0.05, 0.1) is 18.3 Å². The molecule has 0 spiro atoms. The summed E-state index contributed by atoms with van der Waals surface area (Å²) in [5.74, 6) is -2.35. The Bertz CT molecular complexity index is 490. The summed E-state index contributed by atoms with van der Waals surface area (Å²) in [7, 11) is 0. The van der Waals surface area contributed by atoms with E-state index >= 15 is 0 Å². The third kappa shape index (κ3) is 2.83. The summed E-state index contributed by atoms with van der Waals surface area (Å²) in [6, 6.07) is -0.742. The minimum absolute atomic E-state index is 0.0990. The first kappa shape index (κ1) is 14.5. The Morgan fingerprint density at radius 2 is 2.10 bits per heavy atom. The molecule has 2 atom stereocenters. The highest BCUT2D eigenvalue weighted by atomic mass is 19.4. The van der Waals surface area contributed by atoms with E-state index < -0.39 is 24.1 Å². The molecule has 2 rings (SSSR count). The second-order valence-corrected chi connectivity index (χ2v) is 4.79. The van der Waals surface area contributed by atoms with Crippen molar-refractivity contribution in [1.82, 2.24) is 9.97 Å². The first-order valence-corrected chi connectivity index (χ1v) is 6.19. The summed E-state index contributed by atoms with van der Waals surface area (Å²) >= 11 is 0. The predicted octanol–water partition coefficient (Wildman–Crippen LogP) is 2.34. The zero-order valence-electron chi connectivity index (χ0n) is 10.8. The number of piperidine rings is 1. The van der Waals surface area contributed by atoms with Crippen LogP contribution < -0.4 is 4.90 Å². The van der Waals surface area contributed by atoms with E-state index in [1.165, 1.54) is 18.0 Å². The van der Waals surface area contributed by atoms with Crippen molar-refractivity contribution < 1.29 is 23.1 Å². The van der Waals surface area contributed by atoms with Gasteiger partial charge in [-0.2, -0.15) is 13.2 Å². The molecule has 5 nitrogen and oxygen atoms in total. The van der Waals surface area contributed by atoms with Crippen molar-refractivity contribution in [3.05, 3.63) is 18.1 Å². The molecule has 0 radical (unpaired) electrons. The van der Waals surface area contributed by atoms with Crippen molar-refractivity contribution >= 4 is 11.8 Å². The summed E-state index contributed by atoms with van der Waals surface area (Å²) in [5.41, 5.74) is -0.231. The van der Waals surface area contributed by atoms with Gasteiger partial charge in [0.1, 0.15) is 5.82 Å². The van der Waals surface area contributed by atoms with Crippen LogP contribution in [0.15, 0.2) is 12.4 Å². The lowest BCUT2D eigenvalue weighted by Crippen LogP contribution is -2.49. The molecule has 0 saturated carbocycles. The minimum atomic E-state index is -4.24. The van der Waals surface area contributed by atoms with Crippen LogP contribution in [0.3, 0.4) is 0 Å². The third-order valence-electron chi connectivity index (χ3n) is 3.56. The quantitative estimate of drug-likeness (QED) is 0.905. The van der Waals surface area contributed by atoms with Crippen LogP contribution in [0.5, 0.6) is 0 Å². The average molecular weight is 289 g/mol. The molecule has 0 aromatic carbocycles. The number of alkyl halides is 3. The molecular formula is C12H14F3N3O2. The van der Waals surface area contributed by atoms with Crippen molar-refractivity contribution in [1.29, 1.82) is 0 Å². The first-order valence-electron chi connectivity index (χ1n) is 6.19.